The van der Waals surface area contributed by atoms with E-state index in [2.05, 4.69) is 0 Å². The lowest BCUT2D eigenvalue weighted by Gasteiger charge is -2.17. The van der Waals surface area contributed by atoms with Gasteiger partial charge < -0.3 is 5.21 Å². The van der Waals surface area contributed by atoms with E-state index in [9.17, 15) is 14.8 Å². The summed E-state index contributed by atoms with van der Waals surface area (Å²) in [4.78, 5) is 22.8. The van der Waals surface area contributed by atoms with E-state index in [0.717, 1.165) is 0 Å². The number of aromatic nitrogens is 1. The normalized spacial score (nSPS) is 11.4. The molecule has 14 heavy (non-hydrogen) atoms. The van der Waals surface area contributed by atoms with Gasteiger partial charge in [0, 0.05) is 11.5 Å². The Hall–Kier alpha value is -1.58. The molecule has 0 spiro atoms. The smallest absolute Gasteiger partial charge is 0.283 e. The van der Waals surface area contributed by atoms with Crippen molar-refractivity contribution in [2.24, 2.45) is 5.41 Å². The van der Waals surface area contributed by atoms with Crippen molar-refractivity contribution < 1.29 is 10.0 Å². The van der Waals surface area contributed by atoms with Crippen molar-refractivity contribution in [1.82, 2.24) is 4.73 Å². The molecule has 0 atom stereocenters. The molecule has 76 valence electrons. The molecule has 1 N–H and O–H groups in total. The predicted octanol–water partition coefficient (Wildman–Crippen LogP) is 1.31. The largest absolute Gasteiger partial charge is 0.425 e. The fourth-order valence-corrected chi connectivity index (χ4v) is 1.04. The van der Waals surface area contributed by atoms with E-state index in [1.165, 1.54) is 18.2 Å². The molecule has 0 aliphatic carbocycles. The summed E-state index contributed by atoms with van der Waals surface area (Å²) in [6.45, 7) is 5.19. The van der Waals surface area contributed by atoms with Gasteiger partial charge in [-0.15, -0.1) is 4.73 Å². The summed E-state index contributed by atoms with van der Waals surface area (Å²) < 4.78 is 0.383. The number of hydrogen-bond acceptors (Lipinski definition) is 3. The van der Waals surface area contributed by atoms with Crippen LogP contribution in [0.4, 0.5) is 0 Å². The van der Waals surface area contributed by atoms with Gasteiger partial charge in [0.1, 0.15) is 5.69 Å². The quantitative estimate of drug-likeness (QED) is 0.543. The van der Waals surface area contributed by atoms with E-state index < -0.39 is 11.0 Å². The maximum Gasteiger partial charge on any atom is 0.283 e. The van der Waals surface area contributed by atoms with Crippen LogP contribution in [0.15, 0.2) is 23.0 Å². The maximum atomic E-state index is 11.7. The second-order valence-corrected chi connectivity index (χ2v) is 4.14. The zero-order valence-corrected chi connectivity index (χ0v) is 8.44. The van der Waals surface area contributed by atoms with Gasteiger partial charge in [0.2, 0.25) is 0 Å². The van der Waals surface area contributed by atoms with Crippen molar-refractivity contribution in [3.8, 4) is 0 Å². The summed E-state index contributed by atoms with van der Waals surface area (Å²) in [6, 6.07) is 4.07. The Kier molecular flexibility index (Phi) is 2.47. The third kappa shape index (κ3) is 1.84. The van der Waals surface area contributed by atoms with E-state index in [-0.39, 0.29) is 11.5 Å². The Morgan fingerprint density at radius 3 is 2.43 bits per heavy atom. The summed E-state index contributed by atoms with van der Waals surface area (Å²) in [5, 5.41) is 9.31. The summed E-state index contributed by atoms with van der Waals surface area (Å²) in [6.07, 6.45) is 0. The van der Waals surface area contributed by atoms with Crippen LogP contribution in [0.5, 0.6) is 0 Å². The van der Waals surface area contributed by atoms with Crippen molar-refractivity contribution in [2.75, 3.05) is 0 Å². The number of pyridine rings is 1. The number of rotatable bonds is 1. The molecule has 0 amide bonds. The molecule has 4 nitrogen and oxygen atoms in total. The highest BCUT2D eigenvalue weighted by molar-refractivity contribution is 5.98. The molecular formula is C10H13NO3. The second kappa shape index (κ2) is 3.29. The molecule has 1 heterocycles. The monoisotopic (exact) mass is 195 g/mol. The zero-order valence-electron chi connectivity index (χ0n) is 8.44. The van der Waals surface area contributed by atoms with Gasteiger partial charge in [-0.2, -0.15) is 0 Å². The minimum atomic E-state index is -0.613. The van der Waals surface area contributed by atoms with Crippen molar-refractivity contribution in [2.45, 2.75) is 20.8 Å². The van der Waals surface area contributed by atoms with Gasteiger partial charge in [-0.05, 0) is 6.07 Å². The molecule has 4 heteroatoms. The Morgan fingerprint density at radius 2 is 1.93 bits per heavy atom. The summed E-state index contributed by atoms with van der Waals surface area (Å²) in [7, 11) is 0. The Morgan fingerprint density at radius 1 is 1.36 bits per heavy atom. The second-order valence-electron chi connectivity index (χ2n) is 4.14. The van der Waals surface area contributed by atoms with Crippen LogP contribution in [0.2, 0.25) is 0 Å². The van der Waals surface area contributed by atoms with Crippen molar-refractivity contribution in [3.63, 3.8) is 0 Å². The third-order valence-corrected chi connectivity index (χ3v) is 1.84. The molecule has 0 saturated heterocycles. The molecule has 1 aromatic rings. The molecule has 0 aliphatic heterocycles. The van der Waals surface area contributed by atoms with Gasteiger partial charge in [-0.25, -0.2) is 0 Å². The lowest BCUT2D eigenvalue weighted by atomic mass is 9.89. The van der Waals surface area contributed by atoms with Crippen LogP contribution in [-0.2, 0) is 0 Å². The summed E-state index contributed by atoms with van der Waals surface area (Å²) in [5.74, 6) is -0.266. The highest BCUT2D eigenvalue weighted by Gasteiger charge is 2.25. The van der Waals surface area contributed by atoms with Gasteiger partial charge in [-0.3, -0.25) is 9.59 Å². The average Bonchev–Trinajstić information content (AvgIpc) is 2.07. The van der Waals surface area contributed by atoms with Crippen LogP contribution < -0.4 is 5.56 Å². The van der Waals surface area contributed by atoms with E-state index in [4.69, 9.17) is 0 Å². The standard InChI is InChI=1S/C10H13NO3/c1-10(2,3)9(13)7-5-4-6-8(12)11(7)14/h4-6,14H,1-3H3. The van der Waals surface area contributed by atoms with Crippen molar-refractivity contribution in [3.05, 3.63) is 34.2 Å². The van der Waals surface area contributed by atoms with E-state index >= 15 is 0 Å². The lowest BCUT2D eigenvalue weighted by molar-refractivity contribution is 0.0796. The first-order valence-corrected chi connectivity index (χ1v) is 4.30. The number of hydrogen-bond donors (Lipinski definition) is 1. The van der Waals surface area contributed by atoms with E-state index in [1.54, 1.807) is 20.8 Å². The molecule has 1 rings (SSSR count). The molecule has 0 bridgehead atoms. The molecule has 0 unspecified atom stereocenters. The highest BCUT2D eigenvalue weighted by Crippen LogP contribution is 2.19. The first kappa shape index (κ1) is 10.5. The van der Waals surface area contributed by atoms with Gasteiger partial charge in [0.25, 0.3) is 5.56 Å². The van der Waals surface area contributed by atoms with E-state index in [1.807, 2.05) is 0 Å². The Labute approximate surface area is 81.8 Å². The number of ketones is 1. The lowest BCUT2D eigenvalue weighted by Crippen LogP contribution is -2.29. The minimum absolute atomic E-state index is 0.0185. The van der Waals surface area contributed by atoms with Crippen molar-refractivity contribution >= 4 is 5.78 Å². The molecule has 0 aliphatic rings. The van der Waals surface area contributed by atoms with Crippen LogP contribution in [0.3, 0.4) is 0 Å². The van der Waals surface area contributed by atoms with Gasteiger partial charge in [0.15, 0.2) is 5.78 Å². The van der Waals surface area contributed by atoms with Crippen LogP contribution >= 0.6 is 0 Å². The van der Waals surface area contributed by atoms with Gasteiger partial charge in [0.05, 0.1) is 0 Å². The maximum absolute atomic E-state index is 11.7. The fraction of sp³-hybridized carbons (Fsp3) is 0.400. The Balaban J connectivity index is 3.28. The average molecular weight is 195 g/mol. The van der Waals surface area contributed by atoms with E-state index in [0.29, 0.717) is 4.73 Å². The van der Waals surface area contributed by atoms with Crippen LogP contribution in [-0.4, -0.2) is 15.7 Å². The predicted molar refractivity (Wildman–Crippen MR) is 51.7 cm³/mol. The minimum Gasteiger partial charge on any atom is -0.425 e. The SMILES string of the molecule is CC(C)(C)C(=O)c1cccc(=O)n1O. The molecular weight excluding hydrogens is 182 g/mol. The van der Waals surface area contributed by atoms with Crippen LogP contribution in [0.25, 0.3) is 0 Å². The van der Waals surface area contributed by atoms with Crippen molar-refractivity contribution in [1.29, 1.82) is 0 Å². The third-order valence-electron chi connectivity index (χ3n) is 1.84. The first-order valence-electron chi connectivity index (χ1n) is 4.30. The van der Waals surface area contributed by atoms with Gasteiger partial charge >= 0.3 is 0 Å². The topological polar surface area (TPSA) is 59.3 Å². The first-order chi connectivity index (χ1) is 6.34. The van der Waals surface area contributed by atoms with Crippen LogP contribution in [0.1, 0.15) is 31.3 Å². The number of nitrogens with zero attached hydrogens (tertiary/aromatic N) is 1. The molecule has 0 saturated carbocycles. The summed E-state index contributed by atoms with van der Waals surface area (Å²) in [5.41, 5.74) is -1.19. The molecule has 0 fully saturated rings. The molecule has 0 radical (unpaired) electrons. The zero-order chi connectivity index (χ0) is 10.9. The van der Waals surface area contributed by atoms with Gasteiger partial charge in [-0.1, -0.05) is 26.8 Å². The summed E-state index contributed by atoms with van der Waals surface area (Å²) >= 11 is 0. The Bertz CT molecular complexity index is 412. The molecule has 1 aromatic heterocycles. The number of Topliss-reactive ketones (excluding diaryl/α,β-unsaturated/α-hetero) is 1. The fourth-order valence-electron chi connectivity index (χ4n) is 1.04. The number of carbonyl (C=O) groups excluding carboxylic acids is 1. The van der Waals surface area contributed by atoms with Crippen LogP contribution in [0, 0.1) is 5.41 Å². The molecule has 0 aromatic carbocycles. The number of carbonyl (C=O) groups is 1. The highest BCUT2D eigenvalue weighted by atomic mass is 16.5.